The van der Waals surface area contributed by atoms with Gasteiger partial charge in [0.05, 0.1) is 27.9 Å². The van der Waals surface area contributed by atoms with E-state index >= 15 is 0 Å². The molecule has 3 heterocycles. The minimum Gasteiger partial charge on any atom is -0.358 e. The van der Waals surface area contributed by atoms with Gasteiger partial charge in [0, 0.05) is 29.6 Å². The first-order valence-corrected chi connectivity index (χ1v) is 9.11. The summed E-state index contributed by atoms with van der Waals surface area (Å²) in [5.41, 5.74) is 5.90. The maximum atomic E-state index is 11.0. The zero-order valence-corrected chi connectivity index (χ0v) is 14.9. The van der Waals surface area contributed by atoms with Crippen LogP contribution in [0, 0.1) is 21.4 Å². The summed E-state index contributed by atoms with van der Waals surface area (Å²) in [6.45, 7) is 0.779. The summed E-state index contributed by atoms with van der Waals surface area (Å²) in [6.07, 6.45) is 4.73. The van der Waals surface area contributed by atoms with Crippen LogP contribution < -0.4 is 0 Å². The van der Waals surface area contributed by atoms with Gasteiger partial charge < -0.3 is 9.88 Å². The monoisotopic (exact) mass is 368 g/mol. The van der Waals surface area contributed by atoms with Crippen LogP contribution in [0.5, 0.6) is 0 Å². The molecule has 2 aliphatic heterocycles. The Balaban J connectivity index is 1.63. The molecule has 1 unspecified atom stereocenters. The summed E-state index contributed by atoms with van der Waals surface area (Å²) in [7, 11) is 0. The first kappa shape index (κ1) is 16.3. The zero-order valence-electron chi connectivity index (χ0n) is 14.9. The van der Waals surface area contributed by atoms with Crippen LogP contribution in [0.4, 0.5) is 5.69 Å². The lowest BCUT2D eigenvalue weighted by atomic mass is 9.91. The molecule has 0 amide bonds. The lowest BCUT2D eigenvalue weighted by Crippen LogP contribution is -2.34. The third-order valence-corrected chi connectivity index (χ3v) is 5.54. The van der Waals surface area contributed by atoms with Crippen LogP contribution in [0.15, 0.2) is 66.3 Å². The molecular weight excluding hydrogens is 352 g/mol. The molecule has 1 atom stereocenters. The number of hydrogen-bond acceptors (Lipinski definition) is 4. The number of para-hydroxylation sites is 1. The average molecular weight is 368 g/mol. The first-order chi connectivity index (χ1) is 13.7. The van der Waals surface area contributed by atoms with Crippen molar-refractivity contribution in [2.75, 3.05) is 6.54 Å². The lowest BCUT2D eigenvalue weighted by molar-refractivity contribution is -0.384. The highest BCUT2D eigenvalue weighted by molar-refractivity contribution is 5.91. The minimum atomic E-state index is -0.392. The van der Waals surface area contributed by atoms with E-state index in [-0.39, 0.29) is 11.7 Å². The zero-order chi connectivity index (χ0) is 19.3. The molecule has 0 saturated carbocycles. The molecule has 136 valence electrons. The number of aromatic nitrogens is 1. The van der Waals surface area contributed by atoms with E-state index in [9.17, 15) is 15.4 Å². The van der Waals surface area contributed by atoms with Gasteiger partial charge in [0.25, 0.3) is 5.69 Å². The molecule has 6 nitrogen and oxygen atoms in total. The number of rotatable bonds is 2. The van der Waals surface area contributed by atoms with E-state index in [0.717, 1.165) is 35.4 Å². The van der Waals surface area contributed by atoms with Crippen molar-refractivity contribution < 1.29 is 4.92 Å². The quantitative estimate of drug-likeness (QED) is 0.534. The second-order valence-corrected chi connectivity index (χ2v) is 6.99. The summed E-state index contributed by atoms with van der Waals surface area (Å²) in [4.78, 5) is 16.3. The SMILES string of the molecule is N#CC1=C2c3[nH]c4ccccc4c3CCN2C(c2ccc([N+](=O)[O-])cc2)C=C1. The number of nitrogens with one attached hydrogen (secondary N) is 1. The molecule has 1 aromatic heterocycles. The highest BCUT2D eigenvalue weighted by Crippen LogP contribution is 2.43. The Labute approximate surface area is 161 Å². The van der Waals surface area contributed by atoms with Crippen molar-refractivity contribution in [2.24, 2.45) is 0 Å². The Hall–Kier alpha value is -3.85. The Kier molecular flexibility index (Phi) is 3.56. The number of allylic oxidation sites excluding steroid dienone is 2. The van der Waals surface area contributed by atoms with Gasteiger partial charge in [-0.1, -0.05) is 24.3 Å². The van der Waals surface area contributed by atoms with Crippen molar-refractivity contribution in [1.29, 1.82) is 5.26 Å². The third-order valence-electron chi connectivity index (χ3n) is 5.54. The van der Waals surface area contributed by atoms with Crippen molar-refractivity contribution in [3.63, 3.8) is 0 Å². The molecule has 0 bridgehead atoms. The number of benzene rings is 2. The maximum absolute atomic E-state index is 11.0. The highest BCUT2D eigenvalue weighted by atomic mass is 16.6. The van der Waals surface area contributed by atoms with Crippen molar-refractivity contribution in [2.45, 2.75) is 12.5 Å². The largest absolute Gasteiger partial charge is 0.358 e. The molecule has 0 radical (unpaired) electrons. The van der Waals surface area contributed by atoms with E-state index in [0.29, 0.717) is 5.57 Å². The van der Waals surface area contributed by atoms with Gasteiger partial charge in [-0.15, -0.1) is 0 Å². The molecule has 2 aliphatic rings. The molecule has 6 heteroatoms. The summed E-state index contributed by atoms with van der Waals surface area (Å²) < 4.78 is 0. The standard InChI is InChI=1S/C22H16N4O2/c23-13-15-7-10-20(14-5-8-16(9-6-14)26(27)28)25-12-11-18-17-3-1-2-4-19(17)24-21(18)22(15)25/h1-10,20,24H,11-12H2. The number of nitro groups is 1. The van der Waals surface area contributed by atoms with E-state index in [2.05, 4.69) is 28.1 Å². The highest BCUT2D eigenvalue weighted by Gasteiger charge is 2.33. The van der Waals surface area contributed by atoms with Crippen molar-refractivity contribution in [3.8, 4) is 6.07 Å². The van der Waals surface area contributed by atoms with Gasteiger partial charge in [0.15, 0.2) is 0 Å². The Morgan fingerprint density at radius 1 is 1.18 bits per heavy atom. The van der Waals surface area contributed by atoms with Crippen molar-refractivity contribution in [3.05, 3.63) is 93.2 Å². The fourth-order valence-electron chi connectivity index (χ4n) is 4.26. The molecule has 1 N–H and O–H groups in total. The summed E-state index contributed by atoms with van der Waals surface area (Å²) in [5, 5.41) is 21.9. The van der Waals surface area contributed by atoms with Crippen LogP contribution in [0.25, 0.3) is 16.6 Å². The summed E-state index contributed by atoms with van der Waals surface area (Å²) >= 11 is 0. The number of hydrogen-bond donors (Lipinski definition) is 1. The van der Waals surface area contributed by atoms with Crippen LogP contribution in [-0.4, -0.2) is 21.4 Å². The minimum absolute atomic E-state index is 0.0625. The lowest BCUT2D eigenvalue weighted by Gasteiger charge is -2.39. The molecule has 0 aliphatic carbocycles. The van der Waals surface area contributed by atoms with Gasteiger partial charge in [-0.05, 0) is 41.8 Å². The fourth-order valence-corrected chi connectivity index (χ4v) is 4.26. The smallest absolute Gasteiger partial charge is 0.269 e. The molecule has 5 rings (SSSR count). The van der Waals surface area contributed by atoms with E-state index in [1.54, 1.807) is 12.1 Å². The number of nitriles is 1. The van der Waals surface area contributed by atoms with E-state index < -0.39 is 4.92 Å². The topological polar surface area (TPSA) is 86.0 Å². The fraction of sp³-hybridized carbons (Fsp3) is 0.136. The molecule has 0 spiro atoms. The molecule has 28 heavy (non-hydrogen) atoms. The molecule has 2 aromatic carbocycles. The Bertz CT molecular complexity index is 1210. The van der Waals surface area contributed by atoms with Crippen LogP contribution >= 0.6 is 0 Å². The summed E-state index contributed by atoms with van der Waals surface area (Å²) in [6, 6.07) is 17.1. The van der Waals surface area contributed by atoms with Crippen LogP contribution in [0.2, 0.25) is 0 Å². The maximum Gasteiger partial charge on any atom is 0.269 e. The number of nitro benzene ring substituents is 1. The average Bonchev–Trinajstić information content (AvgIpc) is 3.12. The summed E-state index contributed by atoms with van der Waals surface area (Å²) in [5.74, 6) is 0. The van der Waals surface area contributed by atoms with E-state index in [4.69, 9.17) is 0 Å². The Morgan fingerprint density at radius 3 is 2.71 bits per heavy atom. The Morgan fingerprint density at radius 2 is 1.96 bits per heavy atom. The van der Waals surface area contributed by atoms with Gasteiger partial charge in [-0.3, -0.25) is 10.1 Å². The number of nitrogens with zero attached hydrogens (tertiary/aromatic N) is 3. The second kappa shape index (κ2) is 6.10. The van der Waals surface area contributed by atoms with E-state index in [1.165, 1.54) is 23.1 Å². The number of fused-ring (bicyclic) bond motifs is 5. The van der Waals surface area contributed by atoms with Crippen LogP contribution in [0.3, 0.4) is 0 Å². The van der Waals surface area contributed by atoms with Gasteiger partial charge in [0.1, 0.15) is 6.07 Å². The van der Waals surface area contributed by atoms with Crippen molar-refractivity contribution >= 4 is 22.3 Å². The third kappa shape index (κ3) is 2.33. The number of H-pyrrole nitrogens is 1. The van der Waals surface area contributed by atoms with Crippen LogP contribution in [0.1, 0.15) is 22.9 Å². The van der Waals surface area contributed by atoms with Gasteiger partial charge in [-0.25, -0.2) is 0 Å². The van der Waals surface area contributed by atoms with Gasteiger partial charge in [0.2, 0.25) is 0 Å². The predicted molar refractivity (Wildman–Crippen MR) is 106 cm³/mol. The number of aromatic amines is 1. The molecular formula is C22H16N4O2. The van der Waals surface area contributed by atoms with Crippen molar-refractivity contribution in [1.82, 2.24) is 9.88 Å². The molecule has 0 saturated heterocycles. The van der Waals surface area contributed by atoms with Gasteiger partial charge >= 0.3 is 0 Å². The van der Waals surface area contributed by atoms with Gasteiger partial charge in [-0.2, -0.15) is 5.26 Å². The molecule has 3 aromatic rings. The normalized spacial score (nSPS) is 18.0. The van der Waals surface area contributed by atoms with E-state index in [1.807, 2.05) is 24.3 Å². The predicted octanol–water partition coefficient (Wildman–Crippen LogP) is 4.48. The first-order valence-electron chi connectivity index (χ1n) is 9.11. The molecule has 0 fully saturated rings. The van der Waals surface area contributed by atoms with Crippen LogP contribution in [-0.2, 0) is 6.42 Å². The number of non-ortho nitro benzene ring substituents is 1. The second-order valence-electron chi connectivity index (χ2n) is 6.99.